The zero-order valence-corrected chi connectivity index (χ0v) is 15.0. The fourth-order valence-corrected chi connectivity index (χ4v) is 3.13. The molecule has 0 aliphatic carbocycles. The predicted molar refractivity (Wildman–Crippen MR) is 103 cm³/mol. The topological polar surface area (TPSA) is 99.4 Å². The van der Waals surface area contributed by atoms with Gasteiger partial charge < -0.3 is 20.5 Å². The molecular weight excluding hydrogens is 363 g/mol. The zero-order valence-electron chi connectivity index (χ0n) is 15.0. The van der Waals surface area contributed by atoms with Crippen LogP contribution in [0.5, 0.6) is 5.88 Å². The van der Waals surface area contributed by atoms with Crippen LogP contribution >= 0.6 is 0 Å². The highest BCUT2D eigenvalue weighted by molar-refractivity contribution is 6.07. The van der Waals surface area contributed by atoms with E-state index in [1.165, 1.54) is 12.3 Å². The number of halogens is 1. The van der Waals surface area contributed by atoms with Crippen LogP contribution in [0.15, 0.2) is 42.7 Å². The van der Waals surface area contributed by atoms with Crippen LogP contribution in [0.2, 0.25) is 0 Å². The van der Waals surface area contributed by atoms with Gasteiger partial charge >= 0.3 is 0 Å². The molecule has 8 heteroatoms. The second-order valence-corrected chi connectivity index (χ2v) is 6.61. The number of nitrogen functional groups attached to an aromatic ring is 1. The molecule has 0 spiro atoms. The normalized spacial score (nSPS) is 16.2. The average molecular weight is 382 g/mol. The Labute approximate surface area is 160 Å². The fourth-order valence-electron chi connectivity index (χ4n) is 3.13. The van der Waals surface area contributed by atoms with E-state index in [0.29, 0.717) is 24.3 Å². The highest BCUT2D eigenvalue weighted by Crippen LogP contribution is 2.30. The molecule has 1 saturated heterocycles. The molecule has 3 N–H and O–H groups in total. The lowest BCUT2D eigenvalue weighted by Crippen LogP contribution is -2.16. The summed E-state index contributed by atoms with van der Waals surface area (Å²) < 4.78 is 25.9. The number of amides is 1. The molecule has 0 radical (unpaired) electrons. The van der Waals surface area contributed by atoms with Crippen molar-refractivity contribution in [3.05, 3.63) is 54.2 Å². The molecule has 1 aromatic carbocycles. The summed E-state index contributed by atoms with van der Waals surface area (Å²) >= 11 is 0. The monoisotopic (exact) mass is 382 g/mol. The Kier molecular flexibility index (Phi) is 5.03. The summed E-state index contributed by atoms with van der Waals surface area (Å²) in [7, 11) is 0. The summed E-state index contributed by atoms with van der Waals surface area (Å²) in [5.74, 6) is -0.535. The van der Waals surface area contributed by atoms with Gasteiger partial charge in [0.15, 0.2) is 5.69 Å². The molecule has 2 aromatic heterocycles. The fraction of sp³-hybridized carbons (Fsp3) is 0.250. The number of carbonyl (C=O) groups excluding carboxylic acids is 1. The Bertz CT molecular complexity index is 1020. The Hall–Kier alpha value is -3.26. The number of nitrogens with two attached hydrogens (primary N) is 1. The first kappa shape index (κ1) is 18.1. The maximum Gasteiger partial charge on any atom is 0.276 e. The summed E-state index contributed by atoms with van der Waals surface area (Å²) in [6, 6.07) is 7.76. The van der Waals surface area contributed by atoms with Crippen LogP contribution in [0.4, 0.5) is 15.8 Å². The predicted octanol–water partition coefficient (Wildman–Crippen LogP) is 3.02. The summed E-state index contributed by atoms with van der Waals surface area (Å²) in [5.41, 5.74) is 6.39. The van der Waals surface area contributed by atoms with E-state index >= 15 is 0 Å². The second kappa shape index (κ2) is 7.77. The van der Waals surface area contributed by atoms with E-state index in [1.807, 2.05) is 0 Å². The third kappa shape index (κ3) is 3.72. The van der Waals surface area contributed by atoms with Crippen molar-refractivity contribution in [1.29, 1.82) is 0 Å². The molecule has 0 bridgehead atoms. The van der Waals surface area contributed by atoms with Crippen molar-refractivity contribution in [2.45, 2.75) is 6.42 Å². The van der Waals surface area contributed by atoms with Crippen LogP contribution in [-0.2, 0) is 4.74 Å². The van der Waals surface area contributed by atoms with Crippen LogP contribution in [0.25, 0.3) is 10.8 Å². The Morgan fingerprint density at radius 2 is 2.21 bits per heavy atom. The minimum atomic E-state index is -0.535. The largest absolute Gasteiger partial charge is 0.477 e. The maximum absolute atomic E-state index is 14.8. The minimum Gasteiger partial charge on any atom is -0.477 e. The van der Waals surface area contributed by atoms with Crippen molar-refractivity contribution in [3.63, 3.8) is 0 Å². The van der Waals surface area contributed by atoms with Crippen LogP contribution in [0, 0.1) is 11.7 Å². The Morgan fingerprint density at radius 1 is 1.32 bits per heavy atom. The number of pyridine rings is 2. The summed E-state index contributed by atoms with van der Waals surface area (Å²) in [6.07, 6.45) is 3.93. The summed E-state index contributed by atoms with van der Waals surface area (Å²) in [6.45, 7) is 1.78. The first-order valence-corrected chi connectivity index (χ1v) is 8.92. The van der Waals surface area contributed by atoms with Gasteiger partial charge in [0.2, 0.25) is 5.88 Å². The molecule has 1 atom stereocenters. The maximum atomic E-state index is 14.8. The van der Waals surface area contributed by atoms with Gasteiger partial charge in [0.25, 0.3) is 5.91 Å². The quantitative estimate of drug-likeness (QED) is 0.704. The summed E-state index contributed by atoms with van der Waals surface area (Å²) in [4.78, 5) is 20.5. The molecule has 3 aromatic rings. The molecule has 1 aliphatic heterocycles. The van der Waals surface area contributed by atoms with Gasteiger partial charge in [0.05, 0.1) is 24.3 Å². The van der Waals surface area contributed by atoms with Gasteiger partial charge in [-0.1, -0.05) is 0 Å². The number of aromatic nitrogens is 2. The standard InChI is InChI=1S/C20H19FN4O3/c21-15-9-14(25-19(26)18-16(22)2-1-5-23-18)8-13-3-6-24-20(17(13)15)28-11-12-4-7-27-10-12/h1-3,5-6,8-9,12H,4,7,10-11,22H2,(H,25,26). The van der Waals surface area contributed by atoms with E-state index in [4.69, 9.17) is 15.2 Å². The number of nitrogens with one attached hydrogen (secondary N) is 1. The number of nitrogens with zero attached hydrogens (tertiary/aromatic N) is 2. The number of fused-ring (bicyclic) bond motifs is 1. The van der Waals surface area contributed by atoms with Crippen LogP contribution in [0.1, 0.15) is 16.9 Å². The van der Waals surface area contributed by atoms with E-state index < -0.39 is 11.7 Å². The molecule has 7 nitrogen and oxygen atoms in total. The van der Waals surface area contributed by atoms with Gasteiger partial charge in [-0.3, -0.25) is 4.79 Å². The third-order valence-corrected chi connectivity index (χ3v) is 4.57. The first-order chi connectivity index (χ1) is 13.6. The Balaban J connectivity index is 1.58. The van der Waals surface area contributed by atoms with Crippen molar-refractivity contribution in [2.24, 2.45) is 5.92 Å². The highest BCUT2D eigenvalue weighted by Gasteiger charge is 2.19. The molecule has 1 unspecified atom stereocenters. The van der Waals surface area contributed by atoms with Crippen molar-refractivity contribution < 1.29 is 18.7 Å². The molecular formula is C20H19FN4O3. The van der Waals surface area contributed by atoms with Gasteiger partial charge in [-0.25, -0.2) is 14.4 Å². The number of anilines is 2. The van der Waals surface area contributed by atoms with Gasteiger partial charge in [-0.2, -0.15) is 0 Å². The van der Waals surface area contributed by atoms with E-state index in [1.54, 1.807) is 30.5 Å². The van der Waals surface area contributed by atoms with Crippen LogP contribution < -0.4 is 15.8 Å². The van der Waals surface area contributed by atoms with Gasteiger partial charge in [0.1, 0.15) is 5.82 Å². The molecule has 3 heterocycles. The van der Waals surface area contributed by atoms with E-state index in [-0.39, 0.29) is 28.6 Å². The lowest BCUT2D eigenvalue weighted by atomic mass is 10.1. The minimum absolute atomic E-state index is 0.0838. The van der Waals surface area contributed by atoms with Crippen molar-refractivity contribution in [2.75, 3.05) is 30.9 Å². The molecule has 144 valence electrons. The van der Waals surface area contributed by atoms with Crippen molar-refractivity contribution in [1.82, 2.24) is 9.97 Å². The number of hydrogen-bond acceptors (Lipinski definition) is 6. The van der Waals surface area contributed by atoms with E-state index in [0.717, 1.165) is 13.0 Å². The Morgan fingerprint density at radius 3 is 3.00 bits per heavy atom. The molecule has 1 fully saturated rings. The number of benzene rings is 1. The van der Waals surface area contributed by atoms with Crippen molar-refractivity contribution in [3.8, 4) is 5.88 Å². The SMILES string of the molecule is Nc1cccnc1C(=O)Nc1cc(F)c2c(OCC3CCOC3)nccc2c1. The smallest absolute Gasteiger partial charge is 0.276 e. The van der Waals surface area contributed by atoms with E-state index in [9.17, 15) is 9.18 Å². The lowest BCUT2D eigenvalue weighted by molar-refractivity contribution is 0.102. The van der Waals surface area contributed by atoms with Crippen LogP contribution in [0.3, 0.4) is 0 Å². The molecule has 1 amide bonds. The first-order valence-electron chi connectivity index (χ1n) is 8.92. The number of ether oxygens (including phenoxy) is 2. The molecule has 1 aliphatic rings. The second-order valence-electron chi connectivity index (χ2n) is 6.61. The summed E-state index contributed by atoms with van der Waals surface area (Å²) in [5, 5.41) is 3.47. The number of rotatable bonds is 5. The lowest BCUT2D eigenvalue weighted by Gasteiger charge is -2.13. The van der Waals surface area contributed by atoms with Gasteiger partial charge in [-0.05, 0) is 42.1 Å². The molecule has 4 rings (SSSR count). The van der Waals surface area contributed by atoms with E-state index in [2.05, 4.69) is 15.3 Å². The van der Waals surface area contributed by atoms with Gasteiger partial charge in [0, 0.05) is 30.6 Å². The number of hydrogen-bond donors (Lipinski definition) is 2. The van der Waals surface area contributed by atoms with Gasteiger partial charge in [-0.15, -0.1) is 0 Å². The molecule has 28 heavy (non-hydrogen) atoms. The zero-order chi connectivity index (χ0) is 19.5. The highest BCUT2D eigenvalue weighted by atomic mass is 19.1. The molecule has 0 saturated carbocycles. The number of carbonyl (C=O) groups is 1. The van der Waals surface area contributed by atoms with Crippen LogP contribution in [-0.4, -0.2) is 35.7 Å². The van der Waals surface area contributed by atoms with Crippen molar-refractivity contribution >= 4 is 28.1 Å². The average Bonchev–Trinajstić information content (AvgIpc) is 3.20. The third-order valence-electron chi connectivity index (χ3n) is 4.57.